The van der Waals surface area contributed by atoms with Crippen LogP contribution in [0.15, 0.2) is 36.4 Å². The van der Waals surface area contributed by atoms with Crippen LogP contribution in [0.3, 0.4) is 0 Å². The van der Waals surface area contributed by atoms with E-state index in [4.69, 9.17) is 4.74 Å². The Morgan fingerprint density at radius 2 is 1.61 bits per heavy atom. The Morgan fingerprint density at radius 1 is 1.04 bits per heavy atom. The fourth-order valence-electron chi connectivity index (χ4n) is 2.61. The predicted molar refractivity (Wildman–Crippen MR) is 95.4 cm³/mol. The van der Waals surface area contributed by atoms with Gasteiger partial charge in [0.2, 0.25) is 5.91 Å². The van der Waals surface area contributed by atoms with Gasteiger partial charge in [-0.15, -0.1) is 0 Å². The summed E-state index contributed by atoms with van der Waals surface area (Å²) in [7, 11) is 1.63. The largest absolute Gasteiger partial charge is 0.497 e. The Morgan fingerprint density at radius 3 is 2.13 bits per heavy atom. The van der Waals surface area contributed by atoms with E-state index in [1.165, 1.54) is 5.56 Å². The number of methoxy groups -OCH3 is 1. The van der Waals surface area contributed by atoms with Crippen molar-refractivity contribution in [2.45, 2.75) is 33.7 Å². The molecular formula is C19H24N2O2. The van der Waals surface area contributed by atoms with E-state index in [-0.39, 0.29) is 11.9 Å². The van der Waals surface area contributed by atoms with Crippen molar-refractivity contribution in [3.63, 3.8) is 0 Å². The monoisotopic (exact) mass is 312 g/mol. The van der Waals surface area contributed by atoms with Gasteiger partial charge in [-0.3, -0.25) is 4.79 Å². The Balaban J connectivity index is 2.05. The first kappa shape index (κ1) is 16.9. The lowest BCUT2D eigenvalue weighted by Crippen LogP contribution is -2.32. The highest BCUT2D eigenvalue weighted by atomic mass is 16.5. The van der Waals surface area contributed by atoms with Crippen molar-refractivity contribution in [3.8, 4) is 5.75 Å². The van der Waals surface area contributed by atoms with Crippen LogP contribution in [0.2, 0.25) is 0 Å². The molecule has 2 aromatic rings. The highest BCUT2D eigenvalue weighted by molar-refractivity contribution is 5.97. The summed E-state index contributed by atoms with van der Waals surface area (Å²) in [4.78, 5) is 12.4. The van der Waals surface area contributed by atoms with Crippen LogP contribution < -0.4 is 15.4 Å². The van der Waals surface area contributed by atoms with E-state index in [9.17, 15) is 4.79 Å². The van der Waals surface area contributed by atoms with Gasteiger partial charge in [0.1, 0.15) is 11.8 Å². The van der Waals surface area contributed by atoms with Crippen molar-refractivity contribution in [3.05, 3.63) is 53.1 Å². The third kappa shape index (κ3) is 4.25. The minimum atomic E-state index is -0.344. The number of nitrogens with one attached hydrogen (secondary N) is 2. The summed E-state index contributed by atoms with van der Waals surface area (Å²) < 4.78 is 5.13. The zero-order chi connectivity index (χ0) is 17.0. The number of aryl methyl sites for hydroxylation is 3. The number of anilines is 2. The van der Waals surface area contributed by atoms with Gasteiger partial charge in [0.05, 0.1) is 7.11 Å². The van der Waals surface area contributed by atoms with Gasteiger partial charge in [0.25, 0.3) is 0 Å². The number of amides is 1. The zero-order valence-electron chi connectivity index (χ0n) is 14.4. The molecule has 0 aliphatic rings. The summed E-state index contributed by atoms with van der Waals surface area (Å²) in [6.07, 6.45) is 0. The van der Waals surface area contributed by atoms with E-state index < -0.39 is 0 Å². The molecule has 1 amide bonds. The predicted octanol–water partition coefficient (Wildman–Crippen LogP) is 4.06. The molecule has 4 heteroatoms. The molecule has 0 unspecified atom stereocenters. The Labute approximate surface area is 137 Å². The van der Waals surface area contributed by atoms with Gasteiger partial charge in [-0.05, 0) is 63.1 Å². The smallest absolute Gasteiger partial charge is 0.246 e. The molecule has 0 heterocycles. The molecule has 0 aliphatic heterocycles. The molecule has 4 nitrogen and oxygen atoms in total. The molecule has 23 heavy (non-hydrogen) atoms. The molecule has 122 valence electrons. The second-order valence-electron chi connectivity index (χ2n) is 5.86. The average molecular weight is 312 g/mol. The molecule has 0 aromatic heterocycles. The molecule has 0 radical (unpaired) electrons. The van der Waals surface area contributed by atoms with Gasteiger partial charge >= 0.3 is 0 Å². The van der Waals surface area contributed by atoms with Crippen molar-refractivity contribution in [2.75, 3.05) is 17.7 Å². The molecule has 1 atom stereocenters. The minimum Gasteiger partial charge on any atom is -0.497 e. The second-order valence-corrected chi connectivity index (χ2v) is 5.86. The number of hydrogen-bond acceptors (Lipinski definition) is 3. The van der Waals surface area contributed by atoms with Crippen LogP contribution >= 0.6 is 0 Å². The molecule has 0 spiro atoms. The lowest BCUT2D eigenvalue weighted by Gasteiger charge is -2.18. The van der Waals surface area contributed by atoms with Crippen LogP contribution in [0, 0.1) is 20.8 Å². The topological polar surface area (TPSA) is 50.4 Å². The van der Waals surface area contributed by atoms with Crippen LogP contribution in [0.4, 0.5) is 11.4 Å². The standard InChI is InChI=1S/C19H24N2O2/c1-12-10-13(2)18(14(3)11-12)21-19(22)15(4)20-16-6-8-17(23-5)9-7-16/h6-11,15,20H,1-5H3,(H,21,22)/t15-/m0/s1. The van der Waals surface area contributed by atoms with Crippen molar-refractivity contribution in [1.82, 2.24) is 0 Å². The molecular weight excluding hydrogens is 288 g/mol. The molecule has 0 saturated heterocycles. The SMILES string of the molecule is COc1ccc(N[C@@H](C)C(=O)Nc2c(C)cc(C)cc2C)cc1. The third-order valence-corrected chi connectivity index (χ3v) is 3.79. The van der Waals surface area contributed by atoms with Gasteiger partial charge in [0.15, 0.2) is 0 Å². The number of ether oxygens (including phenoxy) is 1. The van der Waals surface area contributed by atoms with Gasteiger partial charge in [-0.25, -0.2) is 0 Å². The van der Waals surface area contributed by atoms with Crippen molar-refractivity contribution >= 4 is 17.3 Å². The van der Waals surface area contributed by atoms with Crippen LogP contribution in [0.1, 0.15) is 23.6 Å². The molecule has 2 N–H and O–H groups in total. The molecule has 2 rings (SSSR count). The summed E-state index contributed by atoms with van der Waals surface area (Å²) in [5, 5.41) is 6.22. The molecule has 0 aliphatic carbocycles. The van der Waals surface area contributed by atoms with E-state index in [2.05, 4.69) is 29.7 Å². The summed E-state index contributed by atoms with van der Waals surface area (Å²) in [5.41, 5.74) is 5.12. The first-order valence-electron chi connectivity index (χ1n) is 7.70. The molecule has 0 bridgehead atoms. The number of rotatable bonds is 5. The maximum Gasteiger partial charge on any atom is 0.246 e. The quantitative estimate of drug-likeness (QED) is 0.875. The Bertz CT molecular complexity index is 670. The van der Waals surface area contributed by atoms with Crippen LogP contribution in [0.5, 0.6) is 5.75 Å². The van der Waals surface area contributed by atoms with E-state index in [1.807, 2.05) is 45.0 Å². The van der Waals surface area contributed by atoms with Crippen molar-refractivity contribution in [2.24, 2.45) is 0 Å². The second kappa shape index (κ2) is 7.18. The average Bonchev–Trinajstić information content (AvgIpc) is 2.51. The van der Waals surface area contributed by atoms with Crippen LogP contribution in [-0.4, -0.2) is 19.1 Å². The fraction of sp³-hybridized carbons (Fsp3) is 0.316. The lowest BCUT2D eigenvalue weighted by molar-refractivity contribution is -0.116. The zero-order valence-corrected chi connectivity index (χ0v) is 14.4. The van der Waals surface area contributed by atoms with Crippen molar-refractivity contribution < 1.29 is 9.53 Å². The lowest BCUT2D eigenvalue weighted by atomic mass is 10.0. The van der Waals surface area contributed by atoms with Crippen LogP contribution in [0.25, 0.3) is 0 Å². The molecule has 2 aromatic carbocycles. The van der Waals surface area contributed by atoms with E-state index in [0.717, 1.165) is 28.3 Å². The summed E-state index contributed by atoms with van der Waals surface area (Å²) >= 11 is 0. The summed E-state index contributed by atoms with van der Waals surface area (Å²) in [6, 6.07) is 11.3. The number of benzene rings is 2. The summed E-state index contributed by atoms with van der Waals surface area (Å²) in [6.45, 7) is 7.92. The highest BCUT2D eigenvalue weighted by Gasteiger charge is 2.15. The first-order valence-corrected chi connectivity index (χ1v) is 7.70. The fourth-order valence-corrected chi connectivity index (χ4v) is 2.61. The van der Waals surface area contributed by atoms with Gasteiger partial charge in [-0.1, -0.05) is 17.7 Å². The first-order chi connectivity index (χ1) is 10.9. The number of carbonyl (C=O) groups is 1. The van der Waals surface area contributed by atoms with Gasteiger partial charge in [-0.2, -0.15) is 0 Å². The van der Waals surface area contributed by atoms with Gasteiger partial charge in [0, 0.05) is 11.4 Å². The van der Waals surface area contributed by atoms with E-state index >= 15 is 0 Å². The van der Waals surface area contributed by atoms with Crippen LogP contribution in [-0.2, 0) is 4.79 Å². The normalized spacial score (nSPS) is 11.7. The Hall–Kier alpha value is -2.49. The maximum atomic E-state index is 12.4. The maximum absolute atomic E-state index is 12.4. The number of carbonyl (C=O) groups excluding carboxylic acids is 1. The van der Waals surface area contributed by atoms with Gasteiger partial charge < -0.3 is 15.4 Å². The minimum absolute atomic E-state index is 0.0594. The Kier molecular flexibility index (Phi) is 5.27. The third-order valence-electron chi connectivity index (χ3n) is 3.79. The molecule has 0 fully saturated rings. The van der Waals surface area contributed by atoms with E-state index in [1.54, 1.807) is 7.11 Å². The summed E-state index contributed by atoms with van der Waals surface area (Å²) in [5.74, 6) is 0.731. The van der Waals surface area contributed by atoms with E-state index in [0.29, 0.717) is 0 Å². The van der Waals surface area contributed by atoms with Crippen molar-refractivity contribution in [1.29, 1.82) is 0 Å². The number of hydrogen-bond donors (Lipinski definition) is 2. The molecule has 0 saturated carbocycles. The highest BCUT2D eigenvalue weighted by Crippen LogP contribution is 2.22.